The van der Waals surface area contributed by atoms with Gasteiger partial charge in [-0.15, -0.1) is 0 Å². The lowest BCUT2D eigenvalue weighted by Crippen LogP contribution is -2.02. The van der Waals surface area contributed by atoms with Gasteiger partial charge in [-0.1, -0.05) is 11.2 Å². The molecule has 1 aliphatic heterocycles. The largest absolute Gasteiger partial charge is 0.481 e. The van der Waals surface area contributed by atoms with Gasteiger partial charge in [0.15, 0.2) is 0 Å². The number of nitrogens with zero attached hydrogens (tertiary/aromatic N) is 4. The third kappa shape index (κ3) is 2.76. The van der Waals surface area contributed by atoms with Crippen molar-refractivity contribution in [2.24, 2.45) is 0 Å². The van der Waals surface area contributed by atoms with Gasteiger partial charge < -0.3 is 14.2 Å². The maximum atomic E-state index is 11.1. The van der Waals surface area contributed by atoms with Crippen LogP contribution in [0.25, 0.3) is 33.9 Å². The second-order valence-corrected chi connectivity index (χ2v) is 7.17. The van der Waals surface area contributed by atoms with Crippen LogP contribution in [0.3, 0.4) is 0 Å². The molecule has 1 N–H and O–H groups in total. The van der Waals surface area contributed by atoms with E-state index >= 15 is 0 Å². The van der Waals surface area contributed by atoms with Gasteiger partial charge in [-0.2, -0.15) is 4.98 Å². The summed E-state index contributed by atoms with van der Waals surface area (Å²) in [4.78, 5) is 20.0. The molecule has 0 fully saturated rings. The summed E-state index contributed by atoms with van der Waals surface area (Å²) in [6, 6.07) is 13.8. The predicted molar refractivity (Wildman–Crippen MR) is 103 cm³/mol. The van der Waals surface area contributed by atoms with E-state index in [1.807, 2.05) is 43.3 Å². The Balaban J connectivity index is 1.50. The van der Waals surface area contributed by atoms with Gasteiger partial charge in [-0.05, 0) is 49.7 Å². The minimum Gasteiger partial charge on any atom is -0.481 e. The molecule has 3 aromatic heterocycles. The number of hydrogen-bond acceptors (Lipinski definition) is 5. The van der Waals surface area contributed by atoms with Crippen LogP contribution >= 0.6 is 0 Å². The van der Waals surface area contributed by atoms with Crippen molar-refractivity contribution in [1.82, 2.24) is 19.7 Å². The number of aliphatic carboxylic acids is 1. The molecule has 0 bridgehead atoms. The number of carboxylic acids is 1. The van der Waals surface area contributed by atoms with Gasteiger partial charge in [0, 0.05) is 40.3 Å². The monoisotopic (exact) mass is 374 g/mol. The first kappa shape index (κ1) is 16.7. The van der Waals surface area contributed by atoms with Crippen LogP contribution in [-0.2, 0) is 11.3 Å². The van der Waals surface area contributed by atoms with E-state index < -0.39 is 5.97 Å². The van der Waals surface area contributed by atoms with E-state index in [0.29, 0.717) is 17.4 Å². The van der Waals surface area contributed by atoms with Gasteiger partial charge >= 0.3 is 5.97 Å². The normalized spacial score (nSPS) is 15.8. The molecule has 0 saturated carbocycles. The number of rotatable bonds is 4. The van der Waals surface area contributed by atoms with Crippen LogP contribution in [0.2, 0.25) is 0 Å². The highest BCUT2D eigenvalue weighted by Crippen LogP contribution is 2.37. The zero-order chi connectivity index (χ0) is 19.3. The molecule has 0 radical (unpaired) electrons. The maximum Gasteiger partial charge on any atom is 0.304 e. The van der Waals surface area contributed by atoms with Crippen LogP contribution in [0.4, 0.5) is 0 Å². The third-order valence-electron chi connectivity index (χ3n) is 5.27. The Morgan fingerprint density at radius 2 is 2.14 bits per heavy atom. The van der Waals surface area contributed by atoms with E-state index in [0.717, 1.165) is 40.8 Å². The van der Waals surface area contributed by atoms with E-state index in [-0.39, 0.29) is 12.3 Å². The summed E-state index contributed by atoms with van der Waals surface area (Å²) < 4.78 is 7.61. The zero-order valence-corrected chi connectivity index (χ0v) is 15.3. The summed E-state index contributed by atoms with van der Waals surface area (Å²) in [5, 5.41) is 14.3. The van der Waals surface area contributed by atoms with E-state index in [1.54, 1.807) is 0 Å². The lowest BCUT2D eigenvalue weighted by atomic mass is 10.0. The molecule has 7 heteroatoms. The first-order chi connectivity index (χ1) is 13.6. The Hall–Kier alpha value is -3.48. The van der Waals surface area contributed by atoms with Gasteiger partial charge in [0.05, 0.1) is 6.42 Å². The molecule has 140 valence electrons. The maximum absolute atomic E-state index is 11.1. The van der Waals surface area contributed by atoms with E-state index in [9.17, 15) is 4.79 Å². The molecule has 4 heterocycles. The summed E-state index contributed by atoms with van der Waals surface area (Å²) in [5.41, 5.74) is 4.59. The Kier molecular flexibility index (Phi) is 3.75. The van der Waals surface area contributed by atoms with Crippen LogP contribution in [0.1, 0.15) is 30.1 Å². The third-order valence-corrected chi connectivity index (χ3v) is 5.27. The number of carboxylic acid groups (broad SMARTS) is 1. The second kappa shape index (κ2) is 6.30. The van der Waals surface area contributed by atoms with Gasteiger partial charge in [0.25, 0.3) is 5.89 Å². The van der Waals surface area contributed by atoms with Crippen molar-refractivity contribution in [3.05, 3.63) is 53.9 Å². The Morgan fingerprint density at radius 3 is 2.96 bits per heavy atom. The summed E-state index contributed by atoms with van der Waals surface area (Å²) in [6.45, 7) is 2.76. The van der Waals surface area contributed by atoms with Crippen LogP contribution < -0.4 is 0 Å². The lowest BCUT2D eigenvalue weighted by molar-refractivity contribution is -0.137. The van der Waals surface area contributed by atoms with Crippen molar-refractivity contribution in [3.63, 3.8) is 0 Å². The SMILES string of the molecule is Cc1cccc(-c2nc(-c3ccc4c(c3)cc3n4CCC3CC(=O)O)no2)n1. The van der Waals surface area contributed by atoms with Gasteiger partial charge in [-0.3, -0.25) is 4.79 Å². The molecule has 5 rings (SSSR count). The fourth-order valence-corrected chi connectivity index (χ4v) is 3.98. The van der Waals surface area contributed by atoms with Gasteiger partial charge in [0.1, 0.15) is 5.69 Å². The fraction of sp³-hybridized carbons (Fsp3) is 0.238. The van der Waals surface area contributed by atoms with Crippen LogP contribution in [0.15, 0.2) is 47.0 Å². The number of hydrogen-bond donors (Lipinski definition) is 1. The van der Waals surface area contributed by atoms with Crippen molar-refractivity contribution >= 4 is 16.9 Å². The standard InChI is InChI=1S/C21H18N4O3/c1-12-3-2-4-16(22-12)21-23-20(24-28-21)14-5-6-17-15(9-14)10-18-13(11-19(26)27)7-8-25(17)18/h2-6,9-10,13H,7-8,11H2,1H3,(H,26,27). The van der Waals surface area contributed by atoms with E-state index in [4.69, 9.17) is 9.63 Å². The molecule has 7 nitrogen and oxygen atoms in total. The zero-order valence-electron chi connectivity index (χ0n) is 15.3. The average molecular weight is 374 g/mol. The van der Waals surface area contributed by atoms with Crippen LogP contribution in [0.5, 0.6) is 0 Å². The molecule has 0 saturated heterocycles. The highest BCUT2D eigenvalue weighted by atomic mass is 16.5. The molecule has 0 aliphatic carbocycles. The van der Waals surface area contributed by atoms with Crippen molar-refractivity contribution in [1.29, 1.82) is 0 Å². The number of benzene rings is 1. The summed E-state index contributed by atoms with van der Waals surface area (Å²) in [7, 11) is 0. The van der Waals surface area contributed by atoms with Gasteiger partial charge in [0.2, 0.25) is 5.82 Å². The van der Waals surface area contributed by atoms with Crippen molar-refractivity contribution in [2.45, 2.75) is 32.2 Å². The molecule has 0 spiro atoms. The quantitative estimate of drug-likeness (QED) is 0.580. The number of pyridine rings is 1. The summed E-state index contributed by atoms with van der Waals surface area (Å²) in [6.07, 6.45) is 1.04. The van der Waals surface area contributed by atoms with E-state index in [1.165, 1.54) is 0 Å². The molecular weight excluding hydrogens is 356 g/mol. The first-order valence-electron chi connectivity index (χ1n) is 9.21. The highest BCUT2D eigenvalue weighted by Gasteiger charge is 2.27. The number of aryl methyl sites for hydroxylation is 2. The Bertz CT molecular complexity index is 1210. The van der Waals surface area contributed by atoms with Crippen molar-refractivity contribution < 1.29 is 14.4 Å². The number of aromatic nitrogens is 4. The molecular formula is C21H18N4O3. The molecule has 28 heavy (non-hydrogen) atoms. The molecule has 1 atom stereocenters. The topological polar surface area (TPSA) is 94.0 Å². The first-order valence-corrected chi connectivity index (χ1v) is 9.21. The van der Waals surface area contributed by atoms with Crippen LogP contribution in [0, 0.1) is 6.92 Å². The second-order valence-electron chi connectivity index (χ2n) is 7.17. The lowest BCUT2D eigenvalue weighted by Gasteiger charge is -2.04. The Morgan fingerprint density at radius 1 is 1.25 bits per heavy atom. The molecule has 1 unspecified atom stereocenters. The van der Waals surface area contributed by atoms with E-state index in [2.05, 4.69) is 25.8 Å². The summed E-state index contributed by atoms with van der Waals surface area (Å²) >= 11 is 0. The van der Waals surface area contributed by atoms with Crippen LogP contribution in [-0.4, -0.2) is 30.8 Å². The minimum absolute atomic E-state index is 0.0672. The molecule has 1 aromatic carbocycles. The summed E-state index contributed by atoms with van der Waals surface area (Å²) in [5.74, 6) is 0.208. The predicted octanol–water partition coefficient (Wildman–Crippen LogP) is 4.02. The highest BCUT2D eigenvalue weighted by molar-refractivity contribution is 5.86. The van der Waals surface area contributed by atoms with Gasteiger partial charge in [-0.25, -0.2) is 4.98 Å². The molecule has 4 aromatic rings. The smallest absolute Gasteiger partial charge is 0.304 e. The average Bonchev–Trinajstić information content (AvgIpc) is 3.37. The minimum atomic E-state index is -0.756. The molecule has 1 aliphatic rings. The van der Waals surface area contributed by atoms with Crippen molar-refractivity contribution in [3.8, 4) is 23.0 Å². The number of carbonyl (C=O) groups is 1. The molecule has 0 amide bonds. The van der Waals surface area contributed by atoms with Crippen molar-refractivity contribution in [2.75, 3.05) is 0 Å². The number of fused-ring (bicyclic) bond motifs is 3. The fourth-order valence-electron chi connectivity index (χ4n) is 3.98. The Labute approximate surface area is 160 Å².